The molecule has 0 aliphatic rings. The SMILES string of the molecule is CC(=O)N=C(N)/C=C(\O)C(C)(C)C.[HH]. The Labute approximate surface area is 79.6 Å². The molecule has 4 nitrogen and oxygen atoms in total. The standard InChI is InChI=1S/C9H16N2O2.H2/c1-6(12)11-8(10)5-7(13)9(2,3)4;/h5,13H,1-4H3,(H2,10,11,12);1H/b7-5-;. The van der Waals surface area contributed by atoms with E-state index in [1.54, 1.807) is 0 Å². The van der Waals surface area contributed by atoms with E-state index in [1.165, 1.54) is 13.0 Å². The quantitative estimate of drug-likeness (QED) is 0.371. The lowest BCUT2D eigenvalue weighted by atomic mass is 9.93. The van der Waals surface area contributed by atoms with Crippen LogP contribution in [0.15, 0.2) is 16.8 Å². The Morgan fingerprint density at radius 3 is 2.31 bits per heavy atom. The summed E-state index contributed by atoms with van der Waals surface area (Å²) in [4.78, 5) is 14.0. The summed E-state index contributed by atoms with van der Waals surface area (Å²) in [5.41, 5.74) is 4.99. The van der Waals surface area contributed by atoms with Crippen LogP contribution < -0.4 is 5.73 Å². The van der Waals surface area contributed by atoms with Gasteiger partial charge in [0.1, 0.15) is 11.6 Å². The molecule has 0 saturated heterocycles. The minimum absolute atomic E-state index is 0. The first-order chi connectivity index (χ1) is 5.73. The predicted molar refractivity (Wildman–Crippen MR) is 54.6 cm³/mol. The van der Waals surface area contributed by atoms with E-state index in [0.717, 1.165) is 0 Å². The van der Waals surface area contributed by atoms with Crippen molar-refractivity contribution in [3.8, 4) is 0 Å². The van der Waals surface area contributed by atoms with Gasteiger partial charge in [-0.1, -0.05) is 20.8 Å². The van der Waals surface area contributed by atoms with Gasteiger partial charge in [0.25, 0.3) is 0 Å². The molecule has 0 rings (SSSR count). The van der Waals surface area contributed by atoms with Gasteiger partial charge >= 0.3 is 0 Å². The largest absolute Gasteiger partial charge is 0.512 e. The molecule has 0 aliphatic carbocycles. The molecule has 0 unspecified atom stereocenters. The van der Waals surface area contributed by atoms with Gasteiger partial charge in [0, 0.05) is 19.8 Å². The highest BCUT2D eigenvalue weighted by Crippen LogP contribution is 2.21. The van der Waals surface area contributed by atoms with Crippen molar-refractivity contribution in [2.24, 2.45) is 16.1 Å². The van der Waals surface area contributed by atoms with E-state index in [4.69, 9.17) is 5.73 Å². The van der Waals surface area contributed by atoms with Gasteiger partial charge in [-0.15, -0.1) is 0 Å². The predicted octanol–water partition coefficient (Wildman–Crippen LogP) is 1.62. The Kier molecular flexibility index (Phi) is 3.66. The third-order valence-electron chi connectivity index (χ3n) is 1.34. The van der Waals surface area contributed by atoms with Crippen molar-refractivity contribution in [3.63, 3.8) is 0 Å². The maximum absolute atomic E-state index is 10.5. The summed E-state index contributed by atoms with van der Waals surface area (Å²) in [6.07, 6.45) is 1.29. The fourth-order valence-electron chi connectivity index (χ4n) is 0.571. The normalized spacial score (nSPS) is 14.5. The summed E-state index contributed by atoms with van der Waals surface area (Å²) in [7, 11) is 0. The van der Waals surface area contributed by atoms with Crippen molar-refractivity contribution < 1.29 is 11.3 Å². The number of aliphatic hydroxyl groups excluding tert-OH is 1. The van der Waals surface area contributed by atoms with Crippen molar-refractivity contribution in [3.05, 3.63) is 11.8 Å². The lowest BCUT2D eigenvalue weighted by Gasteiger charge is -2.16. The molecule has 4 heteroatoms. The number of allylic oxidation sites excluding steroid dienone is 1. The number of rotatable bonds is 1. The van der Waals surface area contributed by atoms with Gasteiger partial charge in [0.05, 0.1) is 0 Å². The second kappa shape index (κ2) is 4.07. The van der Waals surface area contributed by atoms with Crippen molar-refractivity contribution in [2.45, 2.75) is 27.7 Å². The van der Waals surface area contributed by atoms with E-state index < -0.39 is 0 Å². The van der Waals surface area contributed by atoms with E-state index in [9.17, 15) is 9.90 Å². The smallest absolute Gasteiger partial charge is 0.244 e. The van der Waals surface area contributed by atoms with Crippen molar-refractivity contribution in [2.75, 3.05) is 0 Å². The van der Waals surface area contributed by atoms with Gasteiger partial charge in [-0.05, 0) is 0 Å². The molecular weight excluding hydrogens is 168 g/mol. The van der Waals surface area contributed by atoms with E-state index in [-0.39, 0.29) is 24.3 Å². The highest BCUT2D eigenvalue weighted by molar-refractivity contribution is 5.99. The number of aliphatic imine (C=N–C) groups is 1. The zero-order chi connectivity index (χ0) is 10.6. The minimum Gasteiger partial charge on any atom is -0.512 e. The summed E-state index contributed by atoms with van der Waals surface area (Å²) in [6.45, 7) is 6.80. The number of nitrogens with zero attached hydrogens (tertiary/aromatic N) is 1. The molecule has 0 aromatic rings. The molecular formula is C9H18N2O2. The van der Waals surface area contributed by atoms with Crippen molar-refractivity contribution in [1.82, 2.24) is 0 Å². The number of aliphatic hydroxyl groups is 1. The van der Waals surface area contributed by atoms with Crippen LogP contribution in [0.5, 0.6) is 0 Å². The third-order valence-corrected chi connectivity index (χ3v) is 1.34. The molecule has 13 heavy (non-hydrogen) atoms. The number of hydrogen-bond donors (Lipinski definition) is 2. The summed E-state index contributed by atoms with van der Waals surface area (Å²) in [5.74, 6) is -0.245. The molecule has 76 valence electrons. The van der Waals surface area contributed by atoms with Crippen LogP contribution in [0.3, 0.4) is 0 Å². The topological polar surface area (TPSA) is 75.7 Å². The van der Waals surface area contributed by atoms with E-state index in [1.807, 2.05) is 20.8 Å². The second-order valence-electron chi connectivity index (χ2n) is 3.84. The average molecular weight is 186 g/mol. The third kappa shape index (κ3) is 5.00. The summed E-state index contributed by atoms with van der Waals surface area (Å²) in [6, 6.07) is 0. The van der Waals surface area contributed by atoms with Gasteiger partial charge < -0.3 is 10.8 Å². The van der Waals surface area contributed by atoms with Gasteiger partial charge in [-0.2, -0.15) is 4.99 Å². The number of amides is 1. The van der Waals surface area contributed by atoms with Gasteiger partial charge in [-0.3, -0.25) is 4.79 Å². The molecule has 0 aromatic heterocycles. The van der Waals surface area contributed by atoms with Gasteiger partial charge in [0.15, 0.2) is 0 Å². The molecule has 0 bridgehead atoms. The van der Waals surface area contributed by atoms with Crippen molar-refractivity contribution in [1.29, 1.82) is 0 Å². The average Bonchev–Trinajstić information content (AvgIpc) is 1.82. The molecule has 1 amide bonds. The number of hydrogen-bond acceptors (Lipinski definition) is 2. The molecule has 0 aromatic carbocycles. The van der Waals surface area contributed by atoms with E-state index in [2.05, 4.69) is 4.99 Å². The van der Waals surface area contributed by atoms with Crippen LogP contribution >= 0.6 is 0 Å². The zero-order valence-corrected chi connectivity index (χ0v) is 8.46. The minimum atomic E-state index is -0.379. The first-order valence-corrected chi connectivity index (χ1v) is 3.99. The number of carbonyl (C=O) groups is 1. The molecule has 0 radical (unpaired) electrons. The van der Waals surface area contributed by atoms with E-state index >= 15 is 0 Å². The lowest BCUT2D eigenvalue weighted by Crippen LogP contribution is -2.16. The number of nitrogens with two attached hydrogens (primary N) is 1. The first-order valence-electron chi connectivity index (χ1n) is 3.99. The van der Waals surface area contributed by atoms with Crippen molar-refractivity contribution >= 4 is 11.7 Å². The number of amidine groups is 1. The first kappa shape index (κ1) is 11.7. The molecule has 0 atom stereocenters. The molecule has 0 spiro atoms. The summed E-state index contributed by atoms with van der Waals surface area (Å²) < 4.78 is 0. The van der Waals surface area contributed by atoms with Crippen LogP contribution in [0.4, 0.5) is 0 Å². The Bertz CT molecular complexity index is 264. The van der Waals surface area contributed by atoms with Gasteiger partial charge in [-0.25, -0.2) is 0 Å². The fraction of sp³-hybridized carbons (Fsp3) is 0.556. The molecule has 0 aliphatic heterocycles. The monoisotopic (exact) mass is 186 g/mol. The second-order valence-corrected chi connectivity index (χ2v) is 3.84. The Balaban J connectivity index is 0. The maximum atomic E-state index is 10.5. The molecule has 0 fully saturated rings. The Hall–Kier alpha value is -1.32. The molecule has 0 heterocycles. The highest BCUT2D eigenvalue weighted by Gasteiger charge is 2.15. The van der Waals surface area contributed by atoms with Crippen LogP contribution in [0.2, 0.25) is 0 Å². The maximum Gasteiger partial charge on any atom is 0.244 e. The Morgan fingerprint density at radius 2 is 2.00 bits per heavy atom. The van der Waals surface area contributed by atoms with Crippen LogP contribution in [-0.4, -0.2) is 16.8 Å². The van der Waals surface area contributed by atoms with E-state index in [0.29, 0.717) is 0 Å². The van der Waals surface area contributed by atoms with Crippen LogP contribution in [0, 0.1) is 5.41 Å². The lowest BCUT2D eigenvalue weighted by molar-refractivity contribution is -0.115. The van der Waals surface area contributed by atoms with Crippen LogP contribution in [0.25, 0.3) is 0 Å². The fourth-order valence-corrected chi connectivity index (χ4v) is 0.571. The summed E-state index contributed by atoms with van der Waals surface area (Å²) >= 11 is 0. The van der Waals surface area contributed by atoms with Crippen LogP contribution in [0.1, 0.15) is 29.1 Å². The zero-order valence-electron chi connectivity index (χ0n) is 8.46. The number of carbonyl (C=O) groups excluding carboxylic acids is 1. The van der Waals surface area contributed by atoms with Crippen LogP contribution in [-0.2, 0) is 4.79 Å². The highest BCUT2D eigenvalue weighted by atomic mass is 16.3. The molecule has 0 saturated carbocycles. The Morgan fingerprint density at radius 1 is 1.54 bits per heavy atom. The molecule has 3 N–H and O–H groups in total. The summed E-state index contributed by atoms with van der Waals surface area (Å²) in [5, 5.41) is 9.46. The van der Waals surface area contributed by atoms with Gasteiger partial charge in [0.2, 0.25) is 5.91 Å².